The third kappa shape index (κ3) is 6.85. The van der Waals surface area contributed by atoms with Crippen molar-refractivity contribution in [3.05, 3.63) is 48.0 Å². The molecule has 1 heterocycles. The molecule has 0 saturated heterocycles. The lowest BCUT2D eigenvalue weighted by Gasteiger charge is -2.35. The first-order valence-electron chi connectivity index (χ1n) is 11.1. The van der Waals surface area contributed by atoms with Crippen molar-refractivity contribution in [2.75, 3.05) is 16.2 Å². The van der Waals surface area contributed by atoms with E-state index < -0.39 is 69.6 Å². The van der Waals surface area contributed by atoms with Crippen molar-refractivity contribution < 1.29 is 58.9 Å². The Labute approximate surface area is 218 Å². The molecule has 3 rings (SSSR count). The van der Waals surface area contributed by atoms with E-state index in [1.807, 2.05) is 5.32 Å². The van der Waals surface area contributed by atoms with Crippen LogP contribution < -0.4 is 14.4 Å². The maximum Gasteiger partial charge on any atom is 0.427 e. The number of anilines is 2. The predicted octanol–water partition coefficient (Wildman–Crippen LogP) is 5.42. The van der Waals surface area contributed by atoms with Crippen LogP contribution in [0.2, 0.25) is 0 Å². The fourth-order valence-corrected chi connectivity index (χ4v) is 4.99. The lowest BCUT2D eigenvalue weighted by atomic mass is 10.1. The van der Waals surface area contributed by atoms with Crippen LogP contribution in [0, 0.1) is 0 Å². The minimum Gasteiger partial charge on any atom is -0.486 e. The topological polar surface area (TPSA) is 122 Å². The first-order chi connectivity index (χ1) is 17.8. The molecule has 9 nitrogen and oxygen atoms in total. The summed E-state index contributed by atoms with van der Waals surface area (Å²) >= 11 is 0. The lowest BCUT2D eigenvalue weighted by Crippen LogP contribution is -2.44. The second kappa shape index (κ2) is 10.5. The summed E-state index contributed by atoms with van der Waals surface area (Å²) in [4.78, 5) is 22.4. The number of carbonyl (C=O) groups is 2. The van der Waals surface area contributed by atoms with Gasteiger partial charge in [-0.3, -0.25) is 14.4 Å². The van der Waals surface area contributed by atoms with Crippen molar-refractivity contribution in [3.63, 3.8) is 0 Å². The van der Waals surface area contributed by atoms with Gasteiger partial charge in [-0.25, -0.2) is 13.2 Å². The molecule has 0 bridgehead atoms. The Hall–Kier alpha value is -3.69. The zero-order valence-corrected chi connectivity index (χ0v) is 21.1. The van der Waals surface area contributed by atoms with Crippen molar-refractivity contribution in [2.45, 2.75) is 55.6 Å². The van der Waals surface area contributed by atoms with Crippen molar-refractivity contribution in [1.29, 1.82) is 0 Å². The summed E-state index contributed by atoms with van der Waals surface area (Å²) in [5.41, 5.74) is -4.56. The summed E-state index contributed by atoms with van der Waals surface area (Å²) in [7, 11) is -4.71. The number of halogens is 6. The van der Waals surface area contributed by atoms with Gasteiger partial charge in [-0.15, -0.1) is 0 Å². The molecule has 0 fully saturated rings. The van der Waals surface area contributed by atoms with Crippen LogP contribution in [0.4, 0.5) is 42.5 Å². The zero-order valence-electron chi connectivity index (χ0n) is 20.3. The molecule has 16 heteroatoms. The van der Waals surface area contributed by atoms with Gasteiger partial charge >= 0.3 is 24.4 Å². The third-order valence-corrected chi connectivity index (χ3v) is 7.37. The maximum absolute atomic E-state index is 13.5. The average Bonchev–Trinajstić information content (AvgIpc) is 2.80. The monoisotopic (exact) mass is 584 g/mol. The minimum absolute atomic E-state index is 0.123. The number of carbonyl (C=O) groups excluding carboxylic acids is 1. The van der Waals surface area contributed by atoms with Crippen LogP contribution in [-0.2, 0) is 25.7 Å². The van der Waals surface area contributed by atoms with Crippen LogP contribution in [0.5, 0.6) is 5.75 Å². The van der Waals surface area contributed by atoms with Crippen molar-refractivity contribution in [1.82, 2.24) is 0 Å². The SMILES string of the molecule is CC(C)(OC(=O)Nc1ccc2c(c1)N(S(=O)(=O)c1cccc(C(F)(F)F)c1)CC(CCC(=O)O)O2)C(F)(F)F. The molecule has 0 saturated carbocycles. The number of hydrogen-bond acceptors (Lipinski definition) is 6. The molecule has 0 radical (unpaired) electrons. The van der Waals surface area contributed by atoms with Crippen LogP contribution in [0.3, 0.4) is 0 Å². The molecule has 0 aliphatic carbocycles. The summed E-state index contributed by atoms with van der Waals surface area (Å²) < 4.78 is 117. The summed E-state index contributed by atoms with van der Waals surface area (Å²) in [5.74, 6) is -1.32. The highest BCUT2D eigenvalue weighted by atomic mass is 32.2. The fraction of sp³-hybridized carbons (Fsp3) is 0.391. The molecule has 2 N–H and O–H groups in total. The van der Waals surface area contributed by atoms with E-state index in [1.165, 1.54) is 6.07 Å². The molecule has 1 aliphatic rings. The number of amides is 1. The Bertz CT molecular complexity index is 1360. The Morgan fingerprint density at radius 2 is 1.77 bits per heavy atom. The smallest absolute Gasteiger partial charge is 0.427 e. The number of aliphatic carboxylic acids is 1. The van der Waals surface area contributed by atoms with Gasteiger partial charge in [-0.05, 0) is 56.7 Å². The Morgan fingerprint density at radius 1 is 1.10 bits per heavy atom. The second-order valence-corrected chi connectivity index (χ2v) is 10.8. The number of nitrogens with zero attached hydrogens (tertiary/aromatic N) is 1. The fourth-order valence-electron chi connectivity index (χ4n) is 3.45. The summed E-state index contributed by atoms with van der Waals surface area (Å²) in [5, 5.41) is 11.0. The number of carboxylic acid groups (broad SMARTS) is 1. The number of fused-ring (bicyclic) bond motifs is 1. The minimum atomic E-state index is -4.89. The normalized spacial score (nSPS) is 16.2. The maximum atomic E-state index is 13.5. The molecule has 1 atom stereocenters. The highest BCUT2D eigenvalue weighted by Crippen LogP contribution is 2.41. The van der Waals surface area contributed by atoms with E-state index in [1.54, 1.807) is 0 Å². The van der Waals surface area contributed by atoms with E-state index >= 15 is 0 Å². The standard InChI is InChI=1S/C23H22F6N2O7S/c1-21(2,23(27,28)29)38-20(34)30-14-6-8-18-17(11-14)31(12-15(37-18)7-9-19(32)33)39(35,36)16-5-3-4-13(10-16)22(24,25)26/h3-6,8,10-11,15H,7,9,12H2,1-2H3,(H,30,34)(H,32,33). The predicted molar refractivity (Wildman–Crippen MR) is 124 cm³/mol. The second-order valence-electron chi connectivity index (χ2n) is 8.94. The third-order valence-electron chi connectivity index (χ3n) is 5.60. The molecule has 1 aliphatic heterocycles. The lowest BCUT2D eigenvalue weighted by molar-refractivity contribution is -0.242. The zero-order chi connectivity index (χ0) is 29.4. The summed E-state index contributed by atoms with van der Waals surface area (Å²) in [6.45, 7) is 0.732. The number of hydrogen-bond donors (Lipinski definition) is 2. The van der Waals surface area contributed by atoms with Crippen LogP contribution in [0.1, 0.15) is 32.3 Å². The van der Waals surface area contributed by atoms with E-state index in [-0.39, 0.29) is 23.5 Å². The molecular formula is C23H22F6N2O7S. The number of benzene rings is 2. The highest BCUT2D eigenvalue weighted by molar-refractivity contribution is 7.92. The van der Waals surface area contributed by atoms with Crippen LogP contribution >= 0.6 is 0 Å². The van der Waals surface area contributed by atoms with Crippen molar-refractivity contribution >= 4 is 33.5 Å². The van der Waals surface area contributed by atoms with E-state index in [0.29, 0.717) is 30.3 Å². The van der Waals surface area contributed by atoms with Gasteiger partial charge in [0.2, 0.25) is 5.60 Å². The first-order valence-corrected chi connectivity index (χ1v) is 12.5. The Morgan fingerprint density at radius 3 is 2.36 bits per heavy atom. The number of sulfonamides is 1. The molecule has 1 unspecified atom stereocenters. The van der Waals surface area contributed by atoms with E-state index in [4.69, 9.17) is 9.84 Å². The molecule has 1 amide bonds. The molecular weight excluding hydrogens is 562 g/mol. The van der Waals surface area contributed by atoms with Gasteiger partial charge in [0.1, 0.15) is 11.9 Å². The quantitative estimate of drug-likeness (QED) is 0.417. The van der Waals surface area contributed by atoms with Crippen molar-refractivity contribution in [2.24, 2.45) is 0 Å². The van der Waals surface area contributed by atoms with Gasteiger partial charge in [-0.2, -0.15) is 26.3 Å². The van der Waals surface area contributed by atoms with Crippen molar-refractivity contribution in [3.8, 4) is 5.75 Å². The van der Waals surface area contributed by atoms with Gasteiger partial charge in [0.25, 0.3) is 10.0 Å². The summed E-state index contributed by atoms with van der Waals surface area (Å²) in [6, 6.07) is 6.29. The van der Waals surface area contributed by atoms with Crippen LogP contribution in [0.15, 0.2) is 47.4 Å². The Kier molecular flexibility index (Phi) is 8.01. The first kappa shape index (κ1) is 29.9. The number of alkyl halides is 6. The molecule has 0 spiro atoms. The van der Waals surface area contributed by atoms with Gasteiger partial charge in [0.15, 0.2) is 0 Å². The number of rotatable bonds is 7. The molecule has 39 heavy (non-hydrogen) atoms. The van der Waals surface area contributed by atoms with Crippen LogP contribution in [-0.4, -0.2) is 50.0 Å². The van der Waals surface area contributed by atoms with Gasteiger partial charge in [-0.1, -0.05) is 6.07 Å². The van der Waals surface area contributed by atoms with E-state index in [2.05, 4.69) is 4.74 Å². The van der Waals surface area contributed by atoms with Crippen LogP contribution in [0.25, 0.3) is 0 Å². The molecule has 2 aromatic carbocycles. The summed E-state index contributed by atoms with van der Waals surface area (Å²) in [6.07, 6.45) is -12.8. The highest BCUT2D eigenvalue weighted by Gasteiger charge is 2.51. The van der Waals surface area contributed by atoms with E-state index in [9.17, 15) is 44.3 Å². The Balaban J connectivity index is 2.00. The largest absolute Gasteiger partial charge is 0.486 e. The van der Waals surface area contributed by atoms with Gasteiger partial charge in [0, 0.05) is 12.1 Å². The number of nitrogens with one attached hydrogen (secondary N) is 1. The number of ether oxygens (including phenoxy) is 2. The van der Waals surface area contributed by atoms with E-state index in [0.717, 1.165) is 24.3 Å². The van der Waals surface area contributed by atoms with Gasteiger partial charge < -0.3 is 14.6 Å². The molecule has 0 aromatic heterocycles. The average molecular weight is 584 g/mol. The molecule has 214 valence electrons. The van der Waals surface area contributed by atoms with Gasteiger partial charge in [0.05, 0.1) is 22.7 Å². The number of carboxylic acids is 1. The molecule has 2 aromatic rings.